The van der Waals surface area contributed by atoms with Crippen molar-refractivity contribution in [1.82, 2.24) is 15.2 Å². The van der Waals surface area contributed by atoms with Gasteiger partial charge in [0.2, 0.25) is 15.9 Å². The van der Waals surface area contributed by atoms with E-state index in [1.54, 1.807) is 30.2 Å². The predicted octanol–water partition coefficient (Wildman–Crippen LogP) is 1.93. The zero-order chi connectivity index (χ0) is 27.7. The van der Waals surface area contributed by atoms with Gasteiger partial charge in [-0.3, -0.25) is 13.9 Å². The summed E-state index contributed by atoms with van der Waals surface area (Å²) in [7, 11) is -1.94. The van der Waals surface area contributed by atoms with E-state index in [0.29, 0.717) is 69.1 Å². The fourth-order valence-corrected chi connectivity index (χ4v) is 7.52. The minimum absolute atomic E-state index is 0.0446. The molecule has 0 saturated carbocycles. The number of hydrogen-bond acceptors (Lipinski definition) is 7. The Balaban J connectivity index is 1.41. The first kappa shape index (κ1) is 27.4. The number of sulfonamides is 1. The third-order valence-corrected chi connectivity index (χ3v) is 9.89. The van der Waals surface area contributed by atoms with E-state index in [9.17, 15) is 18.0 Å². The smallest absolute Gasteiger partial charge is 0.256 e. The van der Waals surface area contributed by atoms with Crippen molar-refractivity contribution in [3.8, 4) is 0 Å². The van der Waals surface area contributed by atoms with Crippen LogP contribution in [0.2, 0.25) is 0 Å². The van der Waals surface area contributed by atoms with Gasteiger partial charge in [0, 0.05) is 58.5 Å². The Kier molecular flexibility index (Phi) is 7.82. The zero-order valence-corrected chi connectivity index (χ0v) is 23.7. The monoisotopic (exact) mass is 555 g/mol. The number of pyridine rings is 1. The average molecular weight is 556 g/mol. The van der Waals surface area contributed by atoms with Crippen LogP contribution in [0.5, 0.6) is 0 Å². The van der Waals surface area contributed by atoms with E-state index in [4.69, 9.17) is 4.74 Å². The molecular weight excluding hydrogens is 518 g/mol. The molecule has 4 heterocycles. The fourth-order valence-electron chi connectivity index (χ4n) is 5.95. The Labute approximate surface area is 230 Å². The van der Waals surface area contributed by atoms with E-state index in [-0.39, 0.29) is 23.5 Å². The Hall–Kier alpha value is -3.18. The van der Waals surface area contributed by atoms with Crippen molar-refractivity contribution in [1.29, 1.82) is 0 Å². The molecule has 1 aromatic carbocycles. The van der Waals surface area contributed by atoms with E-state index < -0.39 is 15.9 Å². The van der Waals surface area contributed by atoms with Crippen molar-refractivity contribution in [2.45, 2.75) is 32.6 Å². The van der Waals surface area contributed by atoms with Gasteiger partial charge >= 0.3 is 0 Å². The molecule has 0 bridgehead atoms. The number of anilines is 2. The first-order valence-electron chi connectivity index (χ1n) is 13.6. The molecule has 3 aliphatic heterocycles. The van der Waals surface area contributed by atoms with E-state index >= 15 is 0 Å². The molecule has 11 heteroatoms. The molecular formula is C28H37N5O5S. The summed E-state index contributed by atoms with van der Waals surface area (Å²) in [6, 6.07) is 7.37. The van der Waals surface area contributed by atoms with Crippen LogP contribution in [0, 0.1) is 12.8 Å². The summed E-state index contributed by atoms with van der Waals surface area (Å²) < 4.78 is 32.6. The number of amides is 2. The molecule has 1 unspecified atom stereocenters. The number of benzene rings is 1. The normalized spacial score (nSPS) is 22.8. The molecule has 2 amide bonds. The lowest BCUT2D eigenvalue weighted by atomic mass is 9.87. The number of rotatable bonds is 7. The number of carbonyl (C=O) groups is 2. The Morgan fingerprint density at radius 1 is 1.15 bits per heavy atom. The van der Waals surface area contributed by atoms with E-state index in [2.05, 4.69) is 35.1 Å². The fraction of sp³-hybridized carbons (Fsp3) is 0.536. The number of hydrogen-bond donors (Lipinski definition) is 1. The molecule has 3 fully saturated rings. The molecule has 210 valence electrons. The molecule has 0 spiro atoms. The molecule has 3 aliphatic rings. The van der Waals surface area contributed by atoms with Gasteiger partial charge in [0.1, 0.15) is 5.82 Å². The lowest BCUT2D eigenvalue weighted by Gasteiger charge is -2.36. The van der Waals surface area contributed by atoms with Crippen LogP contribution in [0.1, 0.15) is 46.3 Å². The maximum atomic E-state index is 13.8. The first-order valence-corrected chi connectivity index (χ1v) is 15.2. The molecule has 0 radical (unpaired) electrons. The minimum atomic E-state index is -3.54. The van der Waals surface area contributed by atoms with Crippen LogP contribution in [-0.4, -0.2) is 88.9 Å². The number of aryl methyl sites for hydroxylation is 2. The van der Waals surface area contributed by atoms with Crippen LogP contribution in [0.4, 0.5) is 11.5 Å². The van der Waals surface area contributed by atoms with Crippen molar-refractivity contribution >= 4 is 33.3 Å². The lowest BCUT2D eigenvalue weighted by molar-refractivity contribution is -0.120. The van der Waals surface area contributed by atoms with Gasteiger partial charge in [-0.2, -0.15) is 0 Å². The van der Waals surface area contributed by atoms with E-state index in [1.165, 1.54) is 9.87 Å². The van der Waals surface area contributed by atoms with Crippen LogP contribution in [0.3, 0.4) is 0 Å². The molecule has 1 N–H and O–H groups in total. The highest BCUT2D eigenvalue weighted by Gasteiger charge is 2.38. The summed E-state index contributed by atoms with van der Waals surface area (Å²) >= 11 is 0. The second-order valence-corrected chi connectivity index (χ2v) is 12.6. The molecule has 10 nitrogen and oxygen atoms in total. The summed E-state index contributed by atoms with van der Waals surface area (Å²) in [4.78, 5) is 35.2. The number of aromatic nitrogens is 1. The first-order chi connectivity index (χ1) is 18.7. The van der Waals surface area contributed by atoms with E-state index in [0.717, 1.165) is 17.8 Å². The Morgan fingerprint density at radius 3 is 2.56 bits per heavy atom. The van der Waals surface area contributed by atoms with Crippen LogP contribution in [0.15, 0.2) is 30.5 Å². The van der Waals surface area contributed by atoms with Gasteiger partial charge in [0.25, 0.3) is 5.91 Å². The van der Waals surface area contributed by atoms with Crippen LogP contribution < -0.4 is 14.5 Å². The highest BCUT2D eigenvalue weighted by Crippen LogP contribution is 2.36. The van der Waals surface area contributed by atoms with Crippen molar-refractivity contribution < 1.29 is 22.7 Å². The molecule has 2 atom stereocenters. The number of methoxy groups -OCH3 is 1. The number of ether oxygens (including phenoxy) is 1. The quantitative estimate of drug-likeness (QED) is 0.556. The van der Waals surface area contributed by atoms with E-state index in [1.807, 2.05) is 6.20 Å². The Bertz CT molecular complexity index is 1360. The van der Waals surface area contributed by atoms with Gasteiger partial charge in [-0.1, -0.05) is 19.1 Å². The summed E-state index contributed by atoms with van der Waals surface area (Å²) in [5.74, 6) is 0.142. The molecule has 2 aromatic rings. The summed E-state index contributed by atoms with van der Waals surface area (Å²) in [6.07, 6.45) is 3.34. The summed E-state index contributed by atoms with van der Waals surface area (Å²) in [6.45, 7) is 7.67. The van der Waals surface area contributed by atoms with Crippen LogP contribution in [0.25, 0.3) is 0 Å². The van der Waals surface area contributed by atoms with Crippen molar-refractivity contribution in [3.05, 3.63) is 52.7 Å². The maximum absolute atomic E-state index is 13.8. The zero-order valence-electron chi connectivity index (χ0n) is 22.9. The van der Waals surface area contributed by atoms with Crippen molar-refractivity contribution in [2.24, 2.45) is 5.92 Å². The molecule has 5 rings (SSSR count). The van der Waals surface area contributed by atoms with Crippen molar-refractivity contribution in [2.75, 3.05) is 67.9 Å². The highest BCUT2D eigenvalue weighted by atomic mass is 32.2. The van der Waals surface area contributed by atoms with Crippen molar-refractivity contribution in [3.63, 3.8) is 0 Å². The van der Waals surface area contributed by atoms with Gasteiger partial charge in [-0.15, -0.1) is 0 Å². The van der Waals surface area contributed by atoms with Crippen LogP contribution >= 0.6 is 0 Å². The van der Waals surface area contributed by atoms with Crippen LogP contribution in [-0.2, 0) is 26.0 Å². The SMILES string of the molecule is CCc1cnc(N2CCN(C(=O)c3ccc([C@@H]4C(=O)NCC4COC)cc3N3CCCS3(=O)=O)CC2)c(C)c1. The van der Waals surface area contributed by atoms with Gasteiger partial charge in [-0.25, -0.2) is 13.4 Å². The Morgan fingerprint density at radius 2 is 1.92 bits per heavy atom. The number of piperazine rings is 1. The van der Waals surface area contributed by atoms with Gasteiger partial charge in [0.15, 0.2) is 0 Å². The molecule has 0 aliphatic carbocycles. The average Bonchev–Trinajstić information content (AvgIpc) is 3.48. The minimum Gasteiger partial charge on any atom is -0.384 e. The topological polar surface area (TPSA) is 112 Å². The maximum Gasteiger partial charge on any atom is 0.256 e. The second-order valence-electron chi connectivity index (χ2n) is 10.6. The van der Waals surface area contributed by atoms with Gasteiger partial charge < -0.3 is 19.9 Å². The molecule has 1 aromatic heterocycles. The highest BCUT2D eigenvalue weighted by molar-refractivity contribution is 7.93. The third kappa shape index (κ3) is 5.34. The summed E-state index contributed by atoms with van der Waals surface area (Å²) in [5.41, 5.74) is 3.72. The second kappa shape index (κ2) is 11.1. The standard InChI is InChI=1S/C28H37N5O5S/c1-4-20-14-19(2)26(29-16-20)31-9-11-32(12-10-31)28(35)23-7-6-21(25-22(18-38-3)17-30-27(25)34)15-24(23)33-8-5-13-39(33,36)37/h6-7,14-16,22,25H,4-5,8-13,17-18H2,1-3H3,(H,30,34)/t22?,25-/m0/s1. The summed E-state index contributed by atoms with van der Waals surface area (Å²) in [5, 5.41) is 2.89. The lowest BCUT2D eigenvalue weighted by Crippen LogP contribution is -2.49. The molecule has 39 heavy (non-hydrogen) atoms. The number of carbonyl (C=O) groups excluding carboxylic acids is 2. The third-order valence-electron chi connectivity index (χ3n) is 8.03. The number of nitrogens with zero attached hydrogens (tertiary/aromatic N) is 4. The molecule has 3 saturated heterocycles. The van der Waals surface area contributed by atoms with Gasteiger partial charge in [0.05, 0.1) is 29.5 Å². The number of nitrogens with one attached hydrogen (secondary N) is 1. The predicted molar refractivity (Wildman–Crippen MR) is 150 cm³/mol. The van der Waals surface area contributed by atoms with Gasteiger partial charge in [-0.05, 0) is 48.6 Å². The largest absolute Gasteiger partial charge is 0.384 e.